The van der Waals surface area contributed by atoms with E-state index < -0.39 is 0 Å². The second-order valence-electron chi connectivity index (χ2n) is 4.04. The molecule has 0 atom stereocenters. The van der Waals surface area contributed by atoms with Gasteiger partial charge in [0, 0.05) is 25.6 Å². The van der Waals surface area contributed by atoms with Crippen molar-refractivity contribution in [1.82, 2.24) is 4.90 Å². The summed E-state index contributed by atoms with van der Waals surface area (Å²) in [6.45, 7) is 0.466. The van der Waals surface area contributed by atoms with E-state index >= 15 is 0 Å². The number of amides is 1. The zero-order chi connectivity index (χ0) is 14.4. The van der Waals surface area contributed by atoms with Crippen LogP contribution in [0.15, 0.2) is 18.2 Å². The number of rotatable bonds is 5. The van der Waals surface area contributed by atoms with E-state index in [1.54, 1.807) is 19.2 Å². The van der Waals surface area contributed by atoms with Crippen LogP contribution >= 0.6 is 23.2 Å². The third kappa shape index (κ3) is 4.73. The van der Waals surface area contributed by atoms with Crippen molar-refractivity contribution in [2.75, 3.05) is 20.7 Å². The molecule has 1 amide bonds. The maximum absolute atomic E-state index is 12.1. The number of halogens is 2. The van der Waals surface area contributed by atoms with Gasteiger partial charge in [0.25, 0.3) is 5.91 Å². The van der Waals surface area contributed by atoms with Gasteiger partial charge in [0.2, 0.25) is 0 Å². The van der Waals surface area contributed by atoms with Crippen LogP contribution in [0.3, 0.4) is 0 Å². The molecule has 0 radical (unpaired) electrons. The molecule has 0 heterocycles. The van der Waals surface area contributed by atoms with E-state index in [1.807, 2.05) is 0 Å². The highest BCUT2D eigenvalue weighted by Crippen LogP contribution is 2.23. The molecule has 0 spiro atoms. The van der Waals surface area contributed by atoms with Gasteiger partial charge in [0.05, 0.1) is 17.2 Å². The van der Waals surface area contributed by atoms with Crippen LogP contribution in [-0.4, -0.2) is 37.5 Å². The van der Waals surface area contributed by atoms with E-state index in [0.717, 1.165) is 0 Å². The second kappa shape index (κ2) is 7.36. The summed E-state index contributed by atoms with van der Waals surface area (Å²) in [5, 5.41) is 0.752. The summed E-state index contributed by atoms with van der Waals surface area (Å²) in [6, 6.07) is 4.73. The van der Waals surface area contributed by atoms with Crippen LogP contribution in [-0.2, 0) is 9.53 Å². The molecule has 0 aliphatic carbocycles. The Bertz CT molecular complexity index is 477. The SMILES string of the molecule is COC(=O)CCCN(C)C(=O)c1ccc(Cl)c(Cl)c1. The topological polar surface area (TPSA) is 46.6 Å². The smallest absolute Gasteiger partial charge is 0.305 e. The lowest BCUT2D eigenvalue weighted by molar-refractivity contribution is -0.140. The van der Waals surface area contributed by atoms with Crippen LogP contribution in [0.1, 0.15) is 23.2 Å². The van der Waals surface area contributed by atoms with E-state index in [0.29, 0.717) is 28.6 Å². The fourth-order valence-electron chi connectivity index (χ4n) is 1.51. The lowest BCUT2D eigenvalue weighted by Crippen LogP contribution is -2.28. The lowest BCUT2D eigenvalue weighted by Gasteiger charge is -2.17. The van der Waals surface area contributed by atoms with Crippen LogP contribution in [0.2, 0.25) is 10.0 Å². The summed E-state index contributed by atoms with van der Waals surface area (Å²) in [4.78, 5) is 24.5. The van der Waals surface area contributed by atoms with Gasteiger partial charge in [-0.25, -0.2) is 0 Å². The summed E-state index contributed by atoms with van der Waals surface area (Å²) in [7, 11) is 3.01. The van der Waals surface area contributed by atoms with Gasteiger partial charge in [-0.15, -0.1) is 0 Å². The van der Waals surface area contributed by atoms with Crippen molar-refractivity contribution in [3.8, 4) is 0 Å². The average Bonchev–Trinajstić information content (AvgIpc) is 2.40. The predicted molar refractivity (Wildman–Crippen MR) is 74.7 cm³/mol. The van der Waals surface area contributed by atoms with Crippen LogP contribution in [0, 0.1) is 0 Å². The first-order chi connectivity index (χ1) is 8.95. The molecular formula is C13H15Cl2NO3. The van der Waals surface area contributed by atoms with Crippen LogP contribution in [0.25, 0.3) is 0 Å². The summed E-state index contributed by atoms with van der Waals surface area (Å²) >= 11 is 11.7. The van der Waals surface area contributed by atoms with E-state index in [9.17, 15) is 9.59 Å². The van der Waals surface area contributed by atoms with Crippen molar-refractivity contribution in [2.24, 2.45) is 0 Å². The summed E-state index contributed by atoms with van der Waals surface area (Å²) in [5.74, 6) is -0.446. The Kier molecular flexibility index (Phi) is 6.12. The van der Waals surface area contributed by atoms with Gasteiger partial charge >= 0.3 is 5.97 Å². The third-order valence-corrected chi connectivity index (χ3v) is 3.35. The first kappa shape index (κ1) is 15.8. The molecule has 104 valence electrons. The number of hydrogen-bond acceptors (Lipinski definition) is 3. The molecule has 0 fully saturated rings. The van der Waals surface area contributed by atoms with E-state index in [1.165, 1.54) is 18.1 Å². The maximum Gasteiger partial charge on any atom is 0.305 e. The van der Waals surface area contributed by atoms with Gasteiger partial charge in [0.15, 0.2) is 0 Å². The van der Waals surface area contributed by atoms with Crippen LogP contribution < -0.4 is 0 Å². The molecule has 0 bridgehead atoms. The summed E-state index contributed by atoms with van der Waals surface area (Å²) < 4.78 is 4.53. The highest BCUT2D eigenvalue weighted by molar-refractivity contribution is 6.42. The zero-order valence-corrected chi connectivity index (χ0v) is 12.3. The van der Waals surface area contributed by atoms with Gasteiger partial charge in [-0.2, -0.15) is 0 Å². The molecule has 0 saturated heterocycles. The predicted octanol–water partition coefficient (Wildman–Crippen LogP) is 3.02. The number of methoxy groups -OCH3 is 1. The molecule has 0 saturated carbocycles. The fourth-order valence-corrected chi connectivity index (χ4v) is 1.81. The van der Waals surface area contributed by atoms with Gasteiger partial charge < -0.3 is 9.64 Å². The van der Waals surface area contributed by atoms with Crippen molar-refractivity contribution in [1.29, 1.82) is 0 Å². The standard InChI is InChI=1S/C13H15Cl2NO3/c1-16(7-3-4-12(17)19-2)13(18)9-5-6-10(14)11(15)8-9/h5-6,8H,3-4,7H2,1-2H3. The number of esters is 1. The lowest BCUT2D eigenvalue weighted by atomic mass is 10.2. The number of nitrogens with zero attached hydrogens (tertiary/aromatic N) is 1. The van der Waals surface area contributed by atoms with Crippen molar-refractivity contribution in [3.63, 3.8) is 0 Å². The Morgan fingerprint density at radius 3 is 2.53 bits per heavy atom. The number of benzene rings is 1. The molecule has 1 aromatic rings. The first-order valence-corrected chi connectivity index (χ1v) is 6.48. The Hall–Kier alpha value is -1.26. The number of carbonyl (C=O) groups excluding carboxylic acids is 2. The summed E-state index contributed by atoms with van der Waals surface area (Å²) in [5.41, 5.74) is 0.468. The Morgan fingerprint density at radius 2 is 1.95 bits per heavy atom. The van der Waals surface area contributed by atoms with Crippen molar-refractivity contribution >= 4 is 35.1 Å². The third-order valence-electron chi connectivity index (χ3n) is 2.62. The second-order valence-corrected chi connectivity index (χ2v) is 4.85. The molecule has 1 rings (SSSR count). The zero-order valence-electron chi connectivity index (χ0n) is 10.8. The Labute approximate surface area is 122 Å². The van der Waals surface area contributed by atoms with Gasteiger partial charge in [-0.05, 0) is 24.6 Å². The molecular weight excluding hydrogens is 289 g/mol. The maximum atomic E-state index is 12.1. The van der Waals surface area contributed by atoms with E-state index in [2.05, 4.69) is 4.74 Å². The highest BCUT2D eigenvalue weighted by Gasteiger charge is 2.13. The Morgan fingerprint density at radius 1 is 1.26 bits per heavy atom. The number of hydrogen-bond donors (Lipinski definition) is 0. The monoisotopic (exact) mass is 303 g/mol. The highest BCUT2D eigenvalue weighted by atomic mass is 35.5. The first-order valence-electron chi connectivity index (χ1n) is 5.73. The van der Waals surface area contributed by atoms with E-state index in [4.69, 9.17) is 23.2 Å². The minimum absolute atomic E-state index is 0.163. The van der Waals surface area contributed by atoms with Crippen molar-refractivity contribution in [3.05, 3.63) is 33.8 Å². The van der Waals surface area contributed by atoms with Gasteiger partial charge in [-0.1, -0.05) is 23.2 Å². The largest absolute Gasteiger partial charge is 0.469 e. The molecule has 19 heavy (non-hydrogen) atoms. The number of carbonyl (C=O) groups is 2. The molecule has 0 aliphatic heterocycles. The normalized spacial score (nSPS) is 10.1. The molecule has 0 aromatic heterocycles. The summed E-state index contributed by atoms with van der Waals surface area (Å²) in [6.07, 6.45) is 0.839. The van der Waals surface area contributed by atoms with Crippen molar-refractivity contribution < 1.29 is 14.3 Å². The average molecular weight is 304 g/mol. The van der Waals surface area contributed by atoms with Gasteiger partial charge in [0.1, 0.15) is 0 Å². The minimum Gasteiger partial charge on any atom is -0.469 e. The molecule has 4 nitrogen and oxygen atoms in total. The Balaban J connectivity index is 2.56. The minimum atomic E-state index is -0.282. The molecule has 6 heteroatoms. The van der Waals surface area contributed by atoms with Crippen LogP contribution in [0.5, 0.6) is 0 Å². The molecule has 0 N–H and O–H groups in total. The fraction of sp³-hybridized carbons (Fsp3) is 0.385. The van der Waals surface area contributed by atoms with Crippen LogP contribution in [0.4, 0.5) is 0 Å². The molecule has 1 aromatic carbocycles. The van der Waals surface area contributed by atoms with Gasteiger partial charge in [-0.3, -0.25) is 9.59 Å². The quantitative estimate of drug-likeness (QED) is 0.786. The van der Waals surface area contributed by atoms with Crippen molar-refractivity contribution in [2.45, 2.75) is 12.8 Å². The van der Waals surface area contributed by atoms with E-state index in [-0.39, 0.29) is 18.3 Å². The number of ether oxygens (including phenoxy) is 1. The molecule has 0 unspecified atom stereocenters. The molecule has 0 aliphatic rings.